The SMILES string of the molecule is NC(=O)[C@@H](NC(=O)OCc1ccccc1)C(C1CC1)C1CC1. The summed E-state index contributed by atoms with van der Waals surface area (Å²) in [6.45, 7) is 0.190. The van der Waals surface area contributed by atoms with E-state index in [1.165, 1.54) is 0 Å². The number of benzene rings is 1. The van der Waals surface area contributed by atoms with Gasteiger partial charge in [0.05, 0.1) is 0 Å². The van der Waals surface area contributed by atoms with Crippen molar-refractivity contribution in [3.63, 3.8) is 0 Å². The molecule has 0 aromatic heterocycles. The Morgan fingerprint density at radius 1 is 1.14 bits per heavy atom. The first-order valence-electron chi connectivity index (χ1n) is 7.91. The predicted octanol–water partition coefficient (Wildman–Crippen LogP) is 2.20. The molecule has 3 N–H and O–H groups in total. The van der Waals surface area contributed by atoms with Gasteiger partial charge in [0.15, 0.2) is 0 Å². The molecule has 2 aliphatic carbocycles. The molecule has 0 spiro atoms. The van der Waals surface area contributed by atoms with Crippen LogP contribution in [-0.2, 0) is 16.1 Å². The Labute approximate surface area is 130 Å². The van der Waals surface area contributed by atoms with Gasteiger partial charge in [-0.3, -0.25) is 4.79 Å². The first-order chi connectivity index (χ1) is 10.6. The van der Waals surface area contributed by atoms with Gasteiger partial charge >= 0.3 is 6.09 Å². The van der Waals surface area contributed by atoms with E-state index in [4.69, 9.17) is 10.5 Å². The molecule has 0 saturated heterocycles. The molecule has 5 heteroatoms. The Hall–Kier alpha value is -2.04. The Morgan fingerprint density at radius 3 is 2.23 bits per heavy atom. The van der Waals surface area contributed by atoms with Crippen LogP contribution < -0.4 is 11.1 Å². The third kappa shape index (κ3) is 3.78. The van der Waals surface area contributed by atoms with E-state index in [0.717, 1.165) is 31.2 Å². The molecule has 1 atom stereocenters. The topological polar surface area (TPSA) is 81.4 Å². The average molecular weight is 302 g/mol. The molecule has 0 unspecified atom stereocenters. The molecule has 22 heavy (non-hydrogen) atoms. The second-order valence-electron chi connectivity index (χ2n) is 6.34. The number of alkyl carbamates (subject to hydrolysis) is 1. The molecule has 118 valence electrons. The largest absolute Gasteiger partial charge is 0.445 e. The van der Waals surface area contributed by atoms with Gasteiger partial charge in [0.2, 0.25) is 5.91 Å². The van der Waals surface area contributed by atoms with Crippen molar-refractivity contribution in [1.29, 1.82) is 0 Å². The van der Waals surface area contributed by atoms with Crippen LogP contribution in [0.3, 0.4) is 0 Å². The number of nitrogens with two attached hydrogens (primary N) is 1. The second-order valence-corrected chi connectivity index (χ2v) is 6.34. The van der Waals surface area contributed by atoms with Crippen LogP contribution in [0.2, 0.25) is 0 Å². The third-order valence-electron chi connectivity index (χ3n) is 4.51. The van der Waals surface area contributed by atoms with Crippen molar-refractivity contribution in [1.82, 2.24) is 5.32 Å². The van der Waals surface area contributed by atoms with Crippen molar-refractivity contribution in [3.05, 3.63) is 35.9 Å². The van der Waals surface area contributed by atoms with Crippen LogP contribution in [0.4, 0.5) is 4.79 Å². The highest BCUT2D eigenvalue weighted by molar-refractivity contribution is 5.84. The Bertz CT molecular complexity index is 526. The molecular formula is C17H22N2O3. The van der Waals surface area contributed by atoms with Crippen LogP contribution in [0, 0.1) is 17.8 Å². The van der Waals surface area contributed by atoms with E-state index in [1.807, 2.05) is 30.3 Å². The van der Waals surface area contributed by atoms with Gasteiger partial charge in [-0.05, 0) is 49.0 Å². The van der Waals surface area contributed by atoms with Crippen LogP contribution in [0.5, 0.6) is 0 Å². The summed E-state index contributed by atoms with van der Waals surface area (Å²) in [5.41, 5.74) is 6.43. The molecule has 2 saturated carbocycles. The van der Waals surface area contributed by atoms with Gasteiger partial charge in [0.25, 0.3) is 0 Å². The summed E-state index contributed by atoms with van der Waals surface area (Å²) in [4.78, 5) is 23.7. The molecule has 0 bridgehead atoms. The predicted molar refractivity (Wildman–Crippen MR) is 81.7 cm³/mol. The highest BCUT2D eigenvalue weighted by Crippen LogP contribution is 2.50. The molecule has 5 nitrogen and oxygen atoms in total. The first-order valence-corrected chi connectivity index (χ1v) is 7.91. The molecule has 3 rings (SSSR count). The molecule has 2 amide bonds. The van der Waals surface area contributed by atoms with E-state index in [1.54, 1.807) is 0 Å². The molecule has 0 radical (unpaired) electrons. The van der Waals surface area contributed by atoms with Gasteiger partial charge in [0.1, 0.15) is 12.6 Å². The average Bonchev–Trinajstić information content (AvgIpc) is 3.39. The minimum absolute atomic E-state index is 0.182. The molecule has 0 heterocycles. The molecule has 1 aromatic carbocycles. The molecule has 2 aliphatic rings. The van der Waals surface area contributed by atoms with Crippen LogP contribution in [-0.4, -0.2) is 18.0 Å². The van der Waals surface area contributed by atoms with Crippen molar-refractivity contribution in [2.75, 3.05) is 0 Å². The second kappa shape index (κ2) is 6.38. The van der Waals surface area contributed by atoms with Gasteiger partial charge in [-0.15, -0.1) is 0 Å². The summed E-state index contributed by atoms with van der Waals surface area (Å²) in [5, 5.41) is 2.69. The summed E-state index contributed by atoms with van der Waals surface area (Å²) in [6.07, 6.45) is 3.95. The summed E-state index contributed by atoms with van der Waals surface area (Å²) in [5.74, 6) is 0.779. The highest BCUT2D eigenvalue weighted by Gasteiger charge is 2.47. The fourth-order valence-electron chi connectivity index (χ4n) is 3.14. The number of hydrogen-bond acceptors (Lipinski definition) is 3. The summed E-state index contributed by atoms with van der Waals surface area (Å²) < 4.78 is 5.20. The van der Waals surface area contributed by atoms with Crippen molar-refractivity contribution in [2.24, 2.45) is 23.5 Å². The highest BCUT2D eigenvalue weighted by atomic mass is 16.5. The normalized spacial score (nSPS) is 18.8. The van der Waals surface area contributed by atoms with Crippen molar-refractivity contribution in [2.45, 2.75) is 38.3 Å². The van der Waals surface area contributed by atoms with Crippen LogP contribution in [0.1, 0.15) is 31.2 Å². The zero-order chi connectivity index (χ0) is 15.5. The minimum atomic E-state index is -0.608. The Kier molecular flexibility index (Phi) is 4.32. The van der Waals surface area contributed by atoms with Crippen molar-refractivity contribution < 1.29 is 14.3 Å². The summed E-state index contributed by atoms with van der Waals surface area (Å²) in [7, 11) is 0. The Morgan fingerprint density at radius 2 is 1.73 bits per heavy atom. The number of carbonyl (C=O) groups is 2. The van der Waals surface area contributed by atoms with E-state index in [0.29, 0.717) is 11.8 Å². The maximum Gasteiger partial charge on any atom is 0.408 e. The van der Waals surface area contributed by atoms with Crippen LogP contribution in [0.15, 0.2) is 30.3 Å². The first kappa shape index (κ1) is 14.9. The maximum atomic E-state index is 12.0. The quantitative estimate of drug-likeness (QED) is 0.810. The lowest BCUT2D eigenvalue weighted by Crippen LogP contribution is -2.50. The fraction of sp³-hybridized carbons (Fsp3) is 0.529. The van der Waals surface area contributed by atoms with Gasteiger partial charge in [-0.25, -0.2) is 4.79 Å². The number of carbonyl (C=O) groups excluding carboxylic acids is 2. The summed E-state index contributed by atoms with van der Waals surface area (Å²) >= 11 is 0. The lowest BCUT2D eigenvalue weighted by Gasteiger charge is -2.25. The zero-order valence-corrected chi connectivity index (χ0v) is 12.5. The third-order valence-corrected chi connectivity index (χ3v) is 4.51. The van der Waals surface area contributed by atoms with E-state index >= 15 is 0 Å². The van der Waals surface area contributed by atoms with E-state index in [-0.39, 0.29) is 12.5 Å². The van der Waals surface area contributed by atoms with Crippen molar-refractivity contribution >= 4 is 12.0 Å². The molecule has 1 aromatic rings. The maximum absolute atomic E-state index is 12.0. The molecular weight excluding hydrogens is 280 g/mol. The number of amides is 2. The van der Waals surface area contributed by atoms with Crippen LogP contribution >= 0.6 is 0 Å². The van der Waals surface area contributed by atoms with Gasteiger partial charge in [-0.2, -0.15) is 0 Å². The van der Waals surface area contributed by atoms with Gasteiger partial charge in [-0.1, -0.05) is 30.3 Å². The number of ether oxygens (including phenoxy) is 1. The zero-order valence-electron chi connectivity index (χ0n) is 12.5. The van der Waals surface area contributed by atoms with E-state index in [9.17, 15) is 9.59 Å². The number of primary amides is 1. The minimum Gasteiger partial charge on any atom is -0.445 e. The molecule has 2 fully saturated rings. The standard InChI is InChI=1S/C17H22N2O3/c18-16(20)15(14(12-6-7-12)13-8-9-13)19-17(21)22-10-11-4-2-1-3-5-11/h1-5,12-15H,6-10H2,(H2,18,20)(H,19,21)/t15-/m0/s1. The summed E-state index contributed by atoms with van der Waals surface area (Å²) in [6, 6.07) is 8.84. The van der Waals surface area contributed by atoms with Gasteiger partial charge in [0, 0.05) is 0 Å². The lowest BCUT2D eigenvalue weighted by atomic mass is 9.89. The number of hydrogen-bond donors (Lipinski definition) is 2. The molecule has 0 aliphatic heterocycles. The number of rotatable bonds is 7. The van der Waals surface area contributed by atoms with Gasteiger partial charge < -0.3 is 15.8 Å². The van der Waals surface area contributed by atoms with Crippen LogP contribution in [0.25, 0.3) is 0 Å². The smallest absolute Gasteiger partial charge is 0.408 e. The van der Waals surface area contributed by atoms with E-state index in [2.05, 4.69) is 5.32 Å². The number of nitrogens with one attached hydrogen (secondary N) is 1. The monoisotopic (exact) mass is 302 g/mol. The Balaban J connectivity index is 1.56. The lowest BCUT2D eigenvalue weighted by molar-refractivity contribution is -0.121. The van der Waals surface area contributed by atoms with Crippen molar-refractivity contribution in [3.8, 4) is 0 Å². The fourth-order valence-corrected chi connectivity index (χ4v) is 3.14. The van der Waals surface area contributed by atoms with E-state index < -0.39 is 18.0 Å².